The number of methoxy groups -OCH3 is 1. The highest BCUT2D eigenvalue weighted by Crippen LogP contribution is 2.35. The Morgan fingerprint density at radius 1 is 1.18 bits per heavy atom. The van der Waals surface area contributed by atoms with Crippen molar-refractivity contribution in [2.24, 2.45) is 0 Å². The fourth-order valence-electron chi connectivity index (χ4n) is 3.20. The molecular formula is C19H21F3N2O3S. The Kier molecular flexibility index (Phi) is 5.53. The van der Waals surface area contributed by atoms with Gasteiger partial charge in [0, 0.05) is 37.5 Å². The summed E-state index contributed by atoms with van der Waals surface area (Å²) in [5.74, 6) is 0. The first kappa shape index (κ1) is 20.8. The fourth-order valence-corrected chi connectivity index (χ4v) is 4.96. The second kappa shape index (κ2) is 7.46. The number of benzene rings is 1. The number of hydrogen-bond acceptors (Lipinski definition) is 4. The first-order chi connectivity index (χ1) is 13.0. The monoisotopic (exact) mass is 414 g/mol. The van der Waals surface area contributed by atoms with Gasteiger partial charge < -0.3 is 4.74 Å². The average molecular weight is 414 g/mol. The van der Waals surface area contributed by atoms with E-state index in [1.165, 1.54) is 17.5 Å². The van der Waals surface area contributed by atoms with E-state index in [0.29, 0.717) is 24.1 Å². The molecule has 0 radical (unpaired) electrons. The zero-order valence-corrected chi connectivity index (χ0v) is 16.6. The van der Waals surface area contributed by atoms with Crippen molar-refractivity contribution in [1.82, 2.24) is 9.29 Å². The molecule has 1 aromatic heterocycles. The number of nitrogens with zero attached hydrogens (tertiary/aromatic N) is 2. The van der Waals surface area contributed by atoms with Crippen molar-refractivity contribution in [3.8, 4) is 11.1 Å². The first-order valence-electron chi connectivity index (χ1n) is 8.72. The topological polar surface area (TPSA) is 59.5 Å². The molecule has 2 aromatic rings. The maximum Gasteiger partial charge on any atom is 0.433 e. The molecule has 0 spiro atoms. The molecule has 2 heterocycles. The summed E-state index contributed by atoms with van der Waals surface area (Å²) in [6, 6.07) is 5.35. The van der Waals surface area contributed by atoms with Crippen LogP contribution in [0.1, 0.15) is 23.2 Å². The van der Waals surface area contributed by atoms with Gasteiger partial charge in [-0.05, 0) is 49.6 Å². The van der Waals surface area contributed by atoms with E-state index in [4.69, 9.17) is 4.74 Å². The third-order valence-corrected chi connectivity index (χ3v) is 6.92. The zero-order chi connectivity index (χ0) is 20.7. The molecule has 0 bridgehead atoms. The summed E-state index contributed by atoms with van der Waals surface area (Å²) < 4.78 is 71.5. The smallest absolute Gasteiger partial charge is 0.380 e. The Morgan fingerprint density at radius 3 is 2.39 bits per heavy atom. The van der Waals surface area contributed by atoms with Crippen LogP contribution in [0.4, 0.5) is 13.2 Å². The van der Waals surface area contributed by atoms with Crippen LogP contribution in [0.3, 0.4) is 0 Å². The van der Waals surface area contributed by atoms with Gasteiger partial charge in [-0.15, -0.1) is 0 Å². The quantitative estimate of drug-likeness (QED) is 0.764. The van der Waals surface area contributed by atoms with Crippen LogP contribution in [0.25, 0.3) is 11.1 Å². The van der Waals surface area contributed by atoms with Crippen LogP contribution in [-0.2, 0) is 20.9 Å². The van der Waals surface area contributed by atoms with E-state index in [0.717, 1.165) is 23.4 Å². The third-order valence-electron chi connectivity index (χ3n) is 5.02. The van der Waals surface area contributed by atoms with Gasteiger partial charge in [-0.25, -0.2) is 8.42 Å². The van der Waals surface area contributed by atoms with E-state index < -0.39 is 21.9 Å². The van der Waals surface area contributed by atoms with Crippen molar-refractivity contribution in [2.45, 2.75) is 37.4 Å². The van der Waals surface area contributed by atoms with Crippen LogP contribution >= 0.6 is 0 Å². The minimum Gasteiger partial charge on any atom is -0.380 e. The van der Waals surface area contributed by atoms with Gasteiger partial charge in [0.25, 0.3) is 0 Å². The molecule has 0 aliphatic carbocycles. The van der Waals surface area contributed by atoms with Crippen molar-refractivity contribution in [3.63, 3.8) is 0 Å². The van der Waals surface area contributed by atoms with E-state index in [-0.39, 0.29) is 17.5 Å². The number of aryl methyl sites for hydroxylation is 2. The lowest BCUT2D eigenvalue weighted by atomic mass is 10.0. The third kappa shape index (κ3) is 3.92. The lowest BCUT2D eigenvalue weighted by Crippen LogP contribution is -2.30. The highest BCUT2D eigenvalue weighted by molar-refractivity contribution is 7.89. The van der Waals surface area contributed by atoms with Crippen molar-refractivity contribution in [1.29, 1.82) is 0 Å². The Morgan fingerprint density at radius 2 is 1.86 bits per heavy atom. The molecule has 1 unspecified atom stereocenters. The first-order valence-corrected chi connectivity index (χ1v) is 10.2. The van der Waals surface area contributed by atoms with Crippen LogP contribution in [0.5, 0.6) is 0 Å². The number of halogens is 3. The fraction of sp³-hybridized carbons (Fsp3) is 0.421. The largest absolute Gasteiger partial charge is 0.433 e. The van der Waals surface area contributed by atoms with Crippen LogP contribution in [0.2, 0.25) is 0 Å². The summed E-state index contributed by atoms with van der Waals surface area (Å²) in [7, 11) is -2.30. The lowest BCUT2D eigenvalue weighted by Gasteiger charge is -2.20. The number of alkyl halides is 3. The summed E-state index contributed by atoms with van der Waals surface area (Å²) in [5.41, 5.74) is 1.25. The molecular weight excluding hydrogens is 393 g/mol. The molecule has 0 saturated carbocycles. The van der Waals surface area contributed by atoms with Crippen molar-refractivity contribution in [3.05, 3.63) is 47.3 Å². The van der Waals surface area contributed by atoms with Gasteiger partial charge in [-0.2, -0.15) is 17.5 Å². The number of pyridine rings is 1. The molecule has 1 saturated heterocycles. The number of rotatable bonds is 4. The molecule has 152 valence electrons. The minimum absolute atomic E-state index is 0.0638. The van der Waals surface area contributed by atoms with Crippen LogP contribution in [0.15, 0.2) is 35.4 Å². The number of aromatic nitrogens is 1. The summed E-state index contributed by atoms with van der Waals surface area (Å²) in [5, 5.41) is 0. The van der Waals surface area contributed by atoms with Crippen molar-refractivity contribution >= 4 is 10.0 Å². The van der Waals surface area contributed by atoms with Gasteiger partial charge in [-0.1, -0.05) is 6.07 Å². The Bertz CT molecular complexity index is 973. The molecule has 1 aliphatic rings. The molecule has 28 heavy (non-hydrogen) atoms. The normalized spacial score (nSPS) is 18.6. The van der Waals surface area contributed by atoms with E-state index >= 15 is 0 Å². The highest BCUT2D eigenvalue weighted by Gasteiger charge is 2.35. The molecule has 1 atom stereocenters. The van der Waals surface area contributed by atoms with Gasteiger partial charge in [0.05, 0.1) is 11.0 Å². The molecule has 9 heteroatoms. The molecule has 3 rings (SSSR count). The molecule has 0 N–H and O–H groups in total. The van der Waals surface area contributed by atoms with Crippen LogP contribution in [-0.4, -0.2) is 44.0 Å². The van der Waals surface area contributed by atoms with Gasteiger partial charge in [0.2, 0.25) is 10.0 Å². The van der Waals surface area contributed by atoms with E-state index in [1.54, 1.807) is 19.1 Å². The maximum atomic E-state index is 13.2. The minimum atomic E-state index is -4.55. The van der Waals surface area contributed by atoms with Crippen LogP contribution < -0.4 is 0 Å². The summed E-state index contributed by atoms with van der Waals surface area (Å²) in [4.78, 5) is 3.53. The van der Waals surface area contributed by atoms with Crippen molar-refractivity contribution < 1.29 is 26.3 Å². The van der Waals surface area contributed by atoms with Gasteiger partial charge in [0.1, 0.15) is 5.69 Å². The Balaban J connectivity index is 2.09. The van der Waals surface area contributed by atoms with E-state index in [2.05, 4.69) is 4.98 Å². The van der Waals surface area contributed by atoms with Gasteiger partial charge in [-0.3, -0.25) is 4.98 Å². The second-order valence-corrected chi connectivity index (χ2v) is 8.78. The van der Waals surface area contributed by atoms with Gasteiger partial charge in [0.15, 0.2) is 0 Å². The predicted octanol–water partition coefficient (Wildman–Crippen LogP) is 3.79. The predicted molar refractivity (Wildman–Crippen MR) is 98.3 cm³/mol. The second-order valence-electron chi connectivity index (χ2n) is 6.87. The molecule has 1 fully saturated rings. The summed E-state index contributed by atoms with van der Waals surface area (Å²) >= 11 is 0. The van der Waals surface area contributed by atoms with E-state index in [9.17, 15) is 21.6 Å². The Labute approximate surface area is 162 Å². The molecule has 0 amide bonds. The number of ether oxygens (including phenoxy) is 1. The summed E-state index contributed by atoms with van der Waals surface area (Å²) in [6.45, 7) is 4.20. The standard InChI is InChI=1S/C19H21F3N2O3S/c1-12-8-16(14-4-5-18(23-10-14)19(20,21)22)17(9-13(12)2)28(25,26)24-7-6-15(11-24)27-3/h4-5,8-10,15H,6-7,11H2,1-3H3. The average Bonchev–Trinajstić information content (AvgIpc) is 3.13. The Hall–Kier alpha value is -1.97. The molecule has 1 aromatic carbocycles. The zero-order valence-electron chi connectivity index (χ0n) is 15.7. The molecule has 5 nitrogen and oxygen atoms in total. The lowest BCUT2D eigenvalue weighted by molar-refractivity contribution is -0.141. The number of hydrogen-bond donors (Lipinski definition) is 0. The van der Waals surface area contributed by atoms with Crippen molar-refractivity contribution in [2.75, 3.05) is 20.2 Å². The van der Waals surface area contributed by atoms with Crippen LogP contribution in [0, 0.1) is 13.8 Å². The summed E-state index contributed by atoms with van der Waals surface area (Å²) in [6.07, 6.45) is -3.06. The number of sulfonamides is 1. The SMILES string of the molecule is COC1CCN(S(=O)(=O)c2cc(C)c(C)cc2-c2ccc(C(F)(F)F)nc2)C1. The highest BCUT2D eigenvalue weighted by atomic mass is 32.2. The van der Waals surface area contributed by atoms with E-state index in [1.807, 2.05) is 6.92 Å². The maximum absolute atomic E-state index is 13.2. The van der Waals surface area contributed by atoms with Gasteiger partial charge >= 0.3 is 6.18 Å². The molecule has 1 aliphatic heterocycles.